The zero-order valence-corrected chi connectivity index (χ0v) is 9.81. The Bertz CT molecular complexity index is 285. The molecule has 1 fully saturated rings. The van der Waals surface area contributed by atoms with Crippen LogP contribution >= 0.6 is 15.9 Å². The van der Waals surface area contributed by atoms with Crippen molar-refractivity contribution >= 4 is 21.7 Å². The van der Waals surface area contributed by atoms with Crippen molar-refractivity contribution in [1.29, 1.82) is 0 Å². The van der Waals surface area contributed by atoms with Gasteiger partial charge in [-0.05, 0) is 18.8 Å². The molecule has 1 aliphatic carbocycles. The quantitative estimate of drug-likeness (QED) is 0.775. The Labute approximate surface area is 92.7 Å². The molecule has 4 heteroatoms. The maximum atomic E-state index is 4.26. The fourth-order valence-electron chi connectivity index (χ4n) is 1.77. The first-order chi connectivity index (χ1) is 6.75. The van der Waals surface area contributed by atoms with Crippen molar-refractivity contribution in [3.05, 3.63) is 18.6 Å². The van der Waals surface area contributed by atoms with Crippen LogP contribution < -0.4 is 4.90 Å². The van der Waals surface area contributed by atoms with E-state index in [1.807, 2.05) is 6.20 Å². The highest BCUT2D eigenvalue weighted by atomic mass is 79.9. The minimum absolute atomic E-state index is 0.739. The van der Waals surface area contributed by atoms with E-state index in [0.717, 1.165) is 23.1 Å². The van der Waals surface area contributed by atoms with Crippen LogP contribution in [-0.2, 0) is 0 Å². The van der Waals surface area contributed by atoms with Crippen LogP contribution in [0.15, 0.2) is 18.6 Å². The maximum Gasteiger partial charge on any atom is 0.146 e. The molecule has 0 saturated heterocycles. The number of aromatic nitrogens is 2. The van der Waals surface area contributed by atoms with Crippen LogP contribution in [-0.4, -0.2) is 28.4 Å². The van der Waals surface area contributed by atoms with E-state index in [9.17, 15) is 0 Å². The molecule has 0 unspecified atom stereocenters. The van der Waals surface area contributed by atoms with Gasteiger partial charge in [-0.15, -0.1) is 0 Å². The van der Waals surface area contributed by atoms with E-state index < -0.39 is 0 Å². The Morgan fingerprint density at radius 2 is 2.29 bits per heavy atom. The molecule has 14 heavy (non-hydrogen) atoms. The van der Waals surface area contributed by atoms with Crippen LogP contribution in [0.4, 0.5) is 5.82 Å². The van der Waals surface area contributed by atoms with Gasteiger partial charge in [0, 0.05) is 30.8 Å². The van der Waals surface area contributed by atoms with E-state index >= 15 is 0 Å². The second kappa shape index (κ2) is 4.26. The molecular weight excluding hydrogens is 242 g/mol. The van der Waals surface area contributed by atoms with E-state index in [-0.39, 0.29) is 0 Å². The summed E-state index contributed by atoms with van der Waals surface area (Å²) in [7, 11) is 2.07. The highest BCUT2D eigenvalue weighted by Crippen LogP contribution is 2.33. The fraction of sp³-hybridized carbons (Fsp3) is 0.600. The summed E-state index contributed by atoms with van der Waals surface area (Å²) in [5, 5.41) is 0. The smallest absolute Gasteiger partial charge is 0.146 e. The van der Waals surface area contributed by atoms with Gasteiger partial charge in [0.05, 0.1) is 6.20 Å². The van der Waals surface area contributed by atoms with Crippen LogP contribution in [0.25, 0.3) is 0 Å². The molecule has 1 heterocycles. The van der Waals surface area contributed by atoms with Gasteiger partial charge in [0.2, 0.25) is 0 Å². The molecule has 0 bridgehead atoms. The summed E-state index contributed by atoms with van der Waals surface area (Å²) in [5.74, 6) is 1.77. The minimum atomic E-state index is 0.739. The summed E-state index contributed by atoms with van der Waals surface area (Å²) >= 11 is 3.60. The lowest BCUT2D eigenvalue weighted by Gasteiger charge is -2.34. The highest BCUT2D eigenvalue weighted by molar-refractivity contribution is 9.09. The number of rotatable bonds is 3. The molecule has 0 spiro atoms. The maximum absolute atomic E-state index is 4.26. The molecule has 76 valence electrons. The lowest BCUT2D eigenvalue weighted by molar-refractivity contribution is 0.338. The van der Waals surface area contributed by atoms with Crippen molar-refractivity contribution in [1.82, 2.24) is 9.97 Å². The van der Waals surface area contributed by atoms with E-state index in [1.54, 1.807) is 12.4 Å². The summed E-state index contributed by atoms with van der Waals surface area (Å²) in [4.78, 5) is 11.2. The van der Waals surface area contributed by atoms with Crippen LogP contribution in [0.5, 0.6) is 0 Å². The molecule has 3 nitrogen and oxygen atoms in total. The third-order valence-corrected chi connectivity index (χ3v) is 3.40. The molecule has 1 saturated carbocycles. The summed E-state index contributed by atoms with van der Waals surface area (Å²) in [6.45, 7) is 1.08. The van der Waals surface area contributed by atoms with Gasteiger partial charge in [-0.1, -0.05) is 15.9 Å². The van der Waals surface area contributed by atoms with Crippen molar-refractivity contribution in [2.45, 2.75) is 17.7 Å². The molecule has 1 aliphatic rings. The molecular formula is C10H14BrN3. The van der Waals surface area contributed by atoms with Crippen molar-refractivity contribution in [2.24, 2.45) is 5.92 Å². The topological polar surface area (TPSA) is 29.0 Å². The number of hydrogen-bond donors (Lipinski definition) is 0. The predicted molar refractivity (Wildman–Crippen MR) is 60.7 cm³/mol. The monoisotopic (exact) mass is 255 g/mol. The molecule has 0 aliphatic heterocycles. The first-order valence-corrected chi connectivity index (χ1v) is 5.78. The number of hydrogen-bond acceptors (Lipinski definition) is 3. The van der Waals surface area contributed by atoms with E-state index in [0.29, 0.717) is 0 Å². The van der Waals surface area contributed by atoms with Crippen molar-refractivity contribution in [2.75, 3.05) is 18.5 Å². The Hall–Kier alpha value is -0.640. The van der Waals surface area contributed by atoms with Crippen molar-refractivity contribution in [3.63, 3.8) is 0 Å². The second-order valence-electron chi connectivity index (χ2n) is 3.88. The zero-order valence-electron chi connectivity index (χ0n) is 8.23. The van der Waals surface area contributed by atoms with Gasteiger partial charge in [0.1, 0.15) is 5.82 Å². The van der Waals surface area contributed by atoms with Gasteiger partial charge in [0.25, 0.3) is 0 Å². The normalized spacial score (nSPS) is 25.6. The number of alkyl halides is 1. The number of anilines is 1. The fourth-order valence-corrected chi connectivity index (χ4v) is 2.83. The summed E-state index contributed by atoms with van der Waals surface area (Å²) < 4.78 is 0. The third kappa shape index (κ3) is 2.23. The van der Waals surface area contributed by atoms with Gasteiger partial charge in [-0.3, -0.25) is 4.98 Å². The Kier molecular flexibility index (Phi) is 3.01. The van der Waals surface area contributed by atoms with Gasteiger partial charge in [-0.25, -0.2) is 4.98 Å². The Morgan fingerprint density at radius 3 is 2.86 bits per heavy atom. The van der Waals surface area contributed by atoms with Crippen molar-refractivity contribution < 1.29 is 0 Å². The predicted octanol–water partition coefficient (Wildman–Crippen LogP) is 2.09. The zero-order chi connectivity index (χ0) is 9.97. The van der Waals surface area contributed by atoms with Crippen LogP contribution in [0.1, 0.15) is 12.8 Å². The average molecular weight is 256 g/mol. The minimum Gasteiger partial charge on any atom is -0.358 e. The molecule has 0 radical (unpaired) electrons. The standard InChI is InChI=1S/C10H14BrN3/c1-14(7-8-4-9(11)5-8)10-6-12-2-3-13-10/h2-3,6,8-9H,4-5,7H2,1H3. The lowest BCUT2D eigenvalue weighted by atomic mass is 9.85. The number of halogens is 1. The molecule has 2 rings (SSSR count). The van der Waals surface area contributed by atoms with Gasteiger partial charge in [-0.2, -0.15) is 0 Å². The van der Waals surface area contributed by atoms with Gasteiger partial charge < -0.3 is 4.90 Å². The summed E-state index contributed by atoms with van der Waals surface area (Å²) in [6.07, 6.45) is 7.81. The average Bonchev–Trinajstić information content (AvgIpc) is 2.17. The van der Waals surface area contributed by atoms with E-state index in [1.165, 1.54) is 12.8 Å². The molecule has 0 amide bonds. The summed E-state index contributed by atoms with van der Waals surface area (Å²) in [6, 6.07) is 0. The van der Waals surface area contributed by atoms with Crippen LogP contribution in [0.2, 0.25) is 0 Å². The largest absolute Gasteiger partial charge is 0.358 e. The Morgan fingerprint density at radius 1 is 1.50 bits per heavy atom. The highest BCUT2D eigenvalue weighted by Gasteiger charge is 2.27. The molecule has 1 aromatic heterocycles. The second-order valence-corrected chi connectivity index (χ2v) is 5.17. The Balaban J connectivity index is 1.87. The molecule has 1 aromatic rings. The van der Waals surface area contributed by atoms with Crippen LogP contribution in [0.3, 0.4) is 0 Å². The summed E-state index contributed by atoms with van der Waals surface area (Å²) in [5.41, 5.74) is 0. The van der Waals surface area contributed by atoms with Crippen molar-refractivity contribution in [3.8, 4) is 0 Å². The molecule has 0 N–H and O–H groups in total. The SMILES string of the molecule is CN(CC1CC(Br)C1)c1cnccn1. The van der Waals surface area contributed by atoms with Gasteiger partial charge in [0.15, 0.2) is 0 Å². The van der Waals surface area contributed by atoms with E-state index in [4.69, 9.17) is 0 Å². The van der Waals surface area contributed by atoms with Gasteiger partial charge >= 0.3 is 0 Å². The molecule has 0 aromatic carbocycles. The lowest BCUT2D eigenvalue weighted by Crippen LogP contribution is -2.34. The molecule has 0 atom stereocenters. The third-order valence-electron chi connectivity index (χ3n) is 2.65. The van der Waals surface area contributed by atoms with Crippen LogP contribution in [0, 0.1) is 5.92 Å². The first kappa shape index (κ1) is 9.90. The number of nitrogens with zero attached hydrogens (tertiary/aromatic N) is 3. The first-order valence-electron chi connectivity index (χ1n) is 4.87. The van der Waals surface area contributed by atoms with E-state index in [2.05, 4.69) is 37.8 Å².